The fourth-order valence-corrected chi connectivity index (χ4v) is 1.24. The molecule has 0 aliphatic heterocycles. The van der Waals surface area contributed by atoms with E-state index in [1.54, 1.807) is 0 Å². The summed E-state index contributed by atoms with van der Waals surface area (Å²) in [5.41, 5.74) is 5.96. The number of hydrogen-bond acceptors (Lipinski definition) is 2. The minimum atomic E-state index is -0.219. The molecule has 104 valence electrons. The van der Waals surface area contributed by atoms with E-state index < -0.39 is 0 Å². The van der Waals surface area contributed by atoms with Crippen molar-refractivity contribution in [3.63, 3.8) is 0 Å². The molecular formula is C16H26BNO. The molecule has 0 aromatic heterocycles. The minimum Gasteiger partial charge on any atom is -0.399 e. The van der Waals surface area contributed by atoms with Crippen LogP contribution >= 0.6 is 0 Å². The van der Waals surface area contributed by atoms with Gasteiger partial charge in [-0.3, -0.25) is 4.79 Å². The first kappa shape index (κ1) is 17.8. The van der Waals surface area contributed by atoms with Crippen molar-refractivity contribution in [2.24, 2.45) is 11.3 Å². The van der Waals surface area contributed by atoms with Crippen LogP contribution in [0, 0.1) is 11.3 Å². The lowest BCUT2D eigenvalue weighted by Gasteiger charge is -2.21. The number of carbonyl (C=O) groups excluding carboxylic acids is 1. The van der Waals surface area contributed by atoms with Gasteiger partial charge in [-0.05, 0) is 18.1 Å². The summed E-state index contributed by atoms with van der Waals surface area (Å²) < 4.78 is 0. The van der Waals surface area contributed by atoms with Crippen LogP contribution in [-0.2, 0) is 4.79 Å². The summed E-state index contributed by atoms with van der Waals surface area (Å²) in [6.45, 7) is 9.81. The highest BCUT2D eigenvalue weighted by molar-refractivity contribution is 6.11. The van der Waals surface area contributed by atoms with Crippen LogP contribution in [-0.4, -0.2) is 13.6 Å². The van der Waals surface area contributed by atoms with Crippen molar-refractivity contribution in [2.45, 2.75) is 46.9 Å². The third-order valence-electron chi connectivity index (χ3n) is 3.04. The Bertz CT molecular complexity index is 368. The van der Waals surface area contributed by atoms with Crippen LogP contribution in [0.5, 0.6) is 0 Å². The molecule has 0 amide bonds. The van der Waals surface area contributed by atoms with Crippen LogP contribution in [0.2, 0.25) is 5.82 Å². The van der Waals surface area contributed by atoms with Crippen molar-refractivity contribution in [3.05, 3.63) is 30.3 Å². The summed E-state index contributed by atoms with van der Waals surface area (Å²) >= 11 is 0. The number of para-hydroxylation sites is 1. The molecule has 2 radical (unpaired) electrons. The average molecular weight is 259 g/mol. The van der Waals surface area contributed by atoms with Crippen molar-refractivity contribution < 1.29 is 4.79 Å². The molecule has 0 saturated carbocycles. The molecule has 1 aromatic rings. The molecule has 0 saturated heterocycles. The van der Waals surface area contributed by atoms with Gasteiger partial charge in [0.15, 0.2) is 0 Å². The summed E-state index contributed by atoms with van der Waals surface area (Å²) in [6.07, 6.45) is 0.598. The highest BCUT2D eigenvalue weighted by Gasteiger charge is 2.23. The molecule has 1 aromatic carbocycles. The lowest BCUT2D eigenvalue weighted by molar-refractivity contribution is -0.127. The van der Waals surface area contributed by atoms with Gasteiger partial charge < -0.3 is 5.73 Å². The Kier molecular flexibility index (Phi) is 7.51. The van der Waals surface area contributed by atoms with Gasteiger partial charge in [-0.25, -0.2) is 0 Å². The van der Waals surface area contributed by atoms with E-state index in [4.69, 9.17) is 13.6 Å². The molecule has 0 fully saturated rings. The topological polar surface area (TPSA) is 43.1 Å². The summed E-state index contributed by atoms with van der Waals surface area (Å²) in [7, 11) is 5.68. The molecule has 2 unspecified atom stereocenters. The Morgan fingerprint density at radius 3 is 1.95 bits per heavy atom. The van der Waals surface area contributed by atoms with E-state index in [-0.39, 0.29) is 17.2 Å². The van der Waals surface area contributed by atoms with Gasteiger partial charge in [-0.2, -0.15) is 0 Å². The molecular weight excluding hydrogens is 233 g/mol. The van der Waals surface area contributed by atoms with Gasteiger partial charge in [0.2, 0.25) is 0 Å². The number of nitrogens with two attached hydrogens (primary N) is 1. The SMILES string of the molecule is Nc1ccccc1.[B]C(C)C(C)CC(=O)C(C)(C)C. The zero-order valence-electron chi connectivity index (χ0n) is 12.8. The fourth-order valence-electron chi connectivity index (χ4n) is 1.24. The number of rotatable bonds is 3. The van der Waals surface area contributed by atoms with Gasteiger partial charge in [-0.15, -0.1) is 0 Å². The lowest BCUT2D eigenvalue weighted by atomic mass is 9.74. The van der Waals surface area contributed by atoms with Crippen LogP contribution in [0.1, 0.15) is 41.0 Å². The maximum Gasteiger partial charge on any atom is 0.138 e. The van der Waals surface area contributed by atoms with E-state index in [0.717, 1.165) is 5.69 Å². The van der Waals surface area contributed by atoms with Crippen LogP contribution < -0.4 is 5.73 Å². The molecule has 1 rings (SSSR count). The predicted octanol–water partition coefficient (Wildman–Crippen LogP) is 3.87. The van der Waals surface area contributed by atoms with Gasteiger partial charge >= 0.3 is 0 Å². The normalized spacial score (nSPS) is 13.9. The molecule has 0 spiro atoms. The molecule has 2 nitrogen and oxygen atoms in total. The van der Waals surface area contributed by atoms with E-state index >= 15 is 0 Å². The zero-order chi connectivity index (χ0) is 15.1. The molecule has 0 aliphatic carbocycles. The second-order valence-corrected chi connectivity index (χ2v) is 6.12. The number of Topliss-reactive ketones (excluding diaryl/α,β-unsaturated/α-hetero) is 1. The Morgan fingerprint density at radius 2 is 1.68 bits per heavy atom. The second-order valence-electron chi connectivity index (χ2n) is 6.12. The quantitative estimate of drug-likeness (QED) is 0.661. The average Bonchev–Trinajstić information content (AvgIpc) is 2.29. The Balaban J connectivity index is 0.000000388. The third-order valence-corrected chi connectivity index (χ3v) is 3.04. The number of anilines is 1. The van der Waals surface area contributed by atoms with Crippen LogP contribution in [0.25, 0.3) is 0 Å². The fraction of sp³-hybridized carbons (Fsp3) is 0.562. The number of hydrogen-bond donors (Lipinski definition) is 1. The van der Waals surface area contributed by atoms with Crippen LogP contribution in [0.15, 0.2) is 30.3 Å². The van der Waals surface area contributed by atoms with Gasteiger partial charge in [0, 0.05) is 17.5 Å². The Hall–Kier alpha value is -1.25. The first-order chi connectivity index (χ1) is 8.64. The first-order valence-corrected chi connectivity index (χ1v) is 6.74. The minimum absolute atomic E-state index is 0.108. The number of benzene rings is 1. The largest absolute Gasteiger partial charge is 0.399 e. The third kappa shape index (κ3) is 8.47. The highest BCUT2D eigenvalue weighted by atomic mass is 16.1. The molecule has 0 heterocycles. The Morgan fingerprint density at radius 1 is 1.21 bits per heavy atom. The van der Waals surface area contributed by atoms with Crippen molar-refractivity contribution in [2.75, 3.05) is 5.73 Å². The van der Waals surface area contributed by atoms with Crippen LogP contribution in [0.4, 0.5) is 5.69 Å². The number of ketones is 1. The smallest absolute Gasteiger partial charge is 0.138 e. The summed E-state index contributed by atoms with van der Waals surface area (Å²) in [5, 5.41) is 0. The van der Waals surface area contributed by atoms with E-state index in [9.17, 15) is 4.79 Å². The van der Waals surface area contributed by atoms with E-state index in [0.29, 0.717) is 12.2 Å². The highest BCUT2D eigenvalue weighted by Crippen LogP contribution is 2.24. The number of nitrogen functional groups attached to an aromatic ring is 1. The maximum absolute atomic E-state index is 11.5. The van der Waals surface area contributed by atoms with Gasteiger partial charge in [0.05, 0.1) is 7.85 Å². The second kappa shape index (κ2) is 8.03. The van der Waals surface area contributed by atoms with Crippen molar-refractivity contribution in [1.82, 2.24) is 0 Å². The first-order valence-electron chi connectivity index (χ1n) is 6.74. The van der Waals surface area contributed by atoms with E-state index in [1.807, 2.05) is 65.0 Å². The monoisotopic (exact) mass is 259 g/mol. The lowest BCUT2D eigenvalue weighted by Crippen LogP contribution is -2.23. The zero-order valence-corrected chi connectivity index (χ0v) is 12.8. The number of carbonyl (C=O) groups is 1. The molecule has 2 N–H and O–H groups in total. The predicted molar refractivity (Wildman–Crippen MR) is 84.3 cm³/mol. The Labute approximate surface area is 119 Å². The van der Waals surface area contributed by atoms with Gasteiger partial charge in [0.1, 0.15) is 5.78 Å². The molecule has 0 bridgehead atoms. The van der Waals surface area contributed by atoms with Gasteiger partial charge in [-0.1, -0.05) is 58.6 Å². The molecule has 2 atom stereocenters. The summed E-state index contributed by atoms with van der Waals surface area (Å²) in [6, 6.07) is 9.49. The van der Waals surface area contributed by atoms with Crippen molar-refractivity contribution in [1.29, 1.82) is 0 Å². The molecule has 19 heavy (non-hydrogen) atoms. The van der Waals surface area contributed by atoms with E-state index in [1.165, 1.54) is 0 Å². The van der Waals surface area contributed by atoms with E-state index in [2.05, 4.69) is 0 Å². The summed E-state index contributed by atoms with van der Waals surface area (Å²) in [4.78, 5) is 11.5. The van der Waals surface area contributed by atoms with Crippen molar-refractivity contribution in [3.8, 4) is 0 Å². The molecule has 3 heteroatoms. The van der Waals surface area contributed by atoms with Crippen LogP contribution in [0.3, 0.4) is 0 Å². The standard InChI is InChI=1S/C10H19BO.C6H7N/c1-7(8(2)11)6-9(12)10(3,4)5;7-6-4-2-1-3-5-6/h7-8H,6H2,1-5H3;1-5H,7H2. The molecule has 0 aliphatic rings. The van der Waals surface area contributed by atoms with Gasteiger partial charge in [0.25, 0.3) is 0 Å². The maximum atomic E-state index is 11.5. The van der Waals surface area contributed by atoms with Crippen molar-refractivity contribution >= 4 is 19.3 Å². The summed E-state index contributed by atoms with van der Waals surface area (Å²) in [5.74, 6) is 0.695.